The van der Waals surface area contributed by atoms with E-state index in [9.17, 15) is 0 Å². The molecule has 0 bridgehead atoms. The summed E-state index contributed by atoms with van der Waals surface area (Å²) in [5.41, 5.74) is 2.19. The summed E-state index contributed by atoms with van der Waals surface area (Å²) in [7, 11) is 0. The average molecular weight is 186 g/mol. The topological polar surface area (TPSA) is 28.7 Å². The standard InChI is InChI=1S/C12H14N2/c1-2-3-4-9-12-13-10-7-5-6-8-11(10)14-12/h2-3,5-8H,4,9H2,1H3,(H,13,14). The van der Waals surface area contributed by atoms with E-state index in [0.717, 1.165) is 29.7 Å². The van der Waals surface area contributed by atoms with Crippen LogP contribution in [0.4, 0.5) is 0 Å². The summed E-state index contributed by atoms with van der Waals surface area (Å²) in [6.45, 7) is 2.04. The Kier molecular flexibility index (Phi) is 2.63. The third-order valence-corrected chi connectivity index (χ3v) is 2.22. The molecule has 0 radical (unpaired) electrons. The Bertz CT molecular complexity index is 407. The van der Waals surface area contributed by atoms with Gasteiger partial charge in [-0.2, -0.15) is 0 Å². The van der Waals surface area contributed by atoms with Crippen molar-refractivity contribution in [2.45, 2.75) is 19.8 Å². The Balaban J connectivity index is 2.18. The molecule has 0 saturated heterocycles. The first-order valence-electron chi connectivity index (χ1n) is 4.95. The predicted molar refractivity (Wildman–Crippen MR) is 59.2 cm³/mol. The molecule has 1 N–H and O–H groups in total. The van der Waals surface area contributed by atoms with Gasteiger partial charge in [0, 0.05) is 6.42 Å². The van der Waals surface area contributed by atoms with Gasteiger partial charge in [-0.3, -0.25) is 0 Å². The minimum Gasteiger partial charge on any atom is -0.342 e. The second-order valence-electron chi connectivity index (χ2n) is 3.31. The molecule has 2 rings (SSSR count). The summed E-state index contributed by atoms with van der Waals surface area (Å²) in [6, 6.07) is 8.13. The molecule has 0 aliphatic carbocycles. The summed E-state index contributed by atoms with van der Waals surface area (Å²) >= 11 is 0. The Labute approximate surface area is 83.7 Å². The number of rotatable bonds is 3. The number of allylic oxidation sites excluding steroid dienone is 2. The normalized spacial score (nSPS) is 11.5. The van der Waals surface area contributed by atoms with Crippen molar-refractivity contribution in [1.82, 2.24) is 9.97 Å². The van der Waals surface area contributed by atoms with Crippen LogP contribution in [0.2, 0.25) is 0 Å². The summed E-state index contributed by atoms with van der Waals surface area (Å²) in [5, 5.41) is 0. The van der Waals surface area contributed by atoms with Gasteiger partial charge in [-0.05, 0) is 25.5 Å². The van der Waals surface area contributed by atoms with E-state index in [1.165, 1.54) is 0 Å². The molecule has 0 saturated carbocycles. The molecule has 0 spiro atoms. The number of benzene rings is 1. The van der Waals surface area contributed by atoms with Crippen LogP contribution in [-0.4, -0.2) is 9.97 Å². The molecule has 0 unspecified atom stereocenters. The van der Waals surface area contributed by atoms with Gasteiger partial charge in [-0.1, -0.05) is 24.3 Å². The van der Waals surface area contributed by atoms with Gasteiger partial charge in [-0.15, -0.1) is 0 Å². The summed E-state index contributed by atoms with van der Waals surface area (Å²) in [5.74, 6) is 1.07. The van der Waals surface area contributed by atoms with Crippen molar-refractivity contribution in [3.63, 3.8) is 0 Å². The first kappa shape index (κ1) is 9.00. The predicted octanol–water partition coefficient (Wildman–Crippen LogP) is 3.07. The van der Waals surface area contributed by atoms with Crippen molar-refractivity contribution in [1.29, 1.82) is 0 Å². The van der Waals surface area contributed by atoms with Crippen molar-refractivity contribution in [3.05, 3.63) is 42.2 Å². The van der Waals surface area contributed by atoms with Crippen molar-refractivity contribution >= 4 is 11.0 Å². The minimum absolute atomic E-state index is 0.985. The van der Waals surface area contributed by atoms with Crippen molar-refractivity contribution in [2.75, 3.05) is 0 Å². The molecule has 1 aromatic carbocycles. The molecule has 2 aromatic rings. The summed E-state index contributed by atoms with van der Waals surface area (Å²) in [6.07, 6.45) is 6.27. The molecule has 14 heavy (non-hydrogen) atoms. The highest BCUT2D eigenvalue weighted by Crippen LogP contribution is 2.11. The van der Waals surface area contributed by atoms with E-state index in [1.807, 2.05) is 25.1 Å². The van der Waals surface area contributed by atoms with E-state index >= 15 is 0 Å². The van der Waals surface area contributed by atoms with Crippen LogP contribution in [0.3, 0.4) is 0 Å². The maximum atomic E-state index is 4.50. The Morgan fingerprint density at radius 2 is 2.21 bits per heavy atom. The fraction of sp³-hybridized carbons (Fsp3) is 0.250. The number of nitrogens with one attached hydrogen (secondary N) is 1. The SMILES string of the molecule is CC=CCCc1nc2ccccc2[nH]1. The molecule has 0 aliphatic heterocycles. The Morgan fingerprint density at radius 1 is 1.36 bits per heavy atom. The highest BCUT2D eigenvalue weighted by molar-refractivity contribution is 5.74. The highest BCUT2D eigenvalue weighted by Gasteiger charge is 1.99. The van der Waals surface area contributed by atoms with Crippen LogP contribution in [-0.2, 0) is 6.42 Å². The molecule has 0 amide bonds. The smallest absolute Gasteiger partial charge is 0.107 e. The molecule has 0 atom stereocenters. The third kappa shape index (κ3) is 1.84. The molecular formula is C12H14N2. The van der Waals surface area contributed by atoms with Gasteiger partial charge in [-0.25, -0.2) is 4.98 Å². The van der Waals surface area contributed by atoms with Gasteiger partial charge in [0.2, 0.25) is 0 Å². The lowest BCUT2D eigenvalue weighted by molar-refractivity contribution is 0.915. The fourth-order valence-corrected chi connectivity index (χ4v) is 1.51. The lowest BCUT2D eigenvalue weighted by Crippen LogP contribution is -1.85. The molecule has 2 nitrogen and oxygen atoms in total. The molecule has 2 heteroatoms. The van der Waals surface area contributed by atoms with E-state index in [1.54, 1.807) is 0 Å². The summed E-state index contributed by atoms with van der Waals surface area (Å²) in [4.78, 5) is 7.80. The van der Waals surface area contributed by atoms with Gasteiger partial charge in [0.25, 0.3) is 0 Å². The number of fused-ring (bicyclic) bond motifs is 1. The van der Waals surface area contributed by atoms with Crippen molar-refractivity contribution in [3.8, 4) is 0 Å². The van der Waals surface area contributed by atoms with E-state index < -0.39 is 0 Å². The number of aryl methyl sites for hydroxylation is 1. The number of imidazole rings is 1. The van der Waals surface area contributed by atoms with Crippen molar-refractivity contribution < 1.29 is 0 Å². The van der Waals surface area contributed by atoms with Crippen LogP contribution < -0.4 is 0 Å². The number of hydrogen-bond donors (Lipinski definition) is 1. The van der Waals surface area contributed by atoms with E-state index in [4.69, 9.17) is 0 Å². The average Bonchev–Trinajstić information content (AvgIpc) is 2.60. The zero-order chi connectivity index (χ0) is 9.80. The number of aromatic nitrogens is 2. The van der Waals surface area contributed by atoms with Crippen LogP contribution in [0.15, 0.2) is 36.4 Å². The van der Waals surface area contributed by atoms with E-state index in [2.05, 4.69) is 28.2 Å². The maximum Gasteiger partial charge on any atom is 0.107 e. The second-order valence-corrected chi connectivity index (χ2v) is 3.31. The zero-order valence-corrected chi connectivity index (χ0v) is 8.33. The van der Waals surface area contributed by atoms with Gasteiger partial charge < -0.3 is 4.98 Å². The molecule has 0 fully saturated rings. The Hall–Kier alpha value is -1.57. The van der Waals surface area contributed by atoms with Crippen molar-refractivity contribution in [2.24, 2.45) is 0 Å². The zero-order valence-electron chi connectivity index (χ0n) is 8.33. The lowest BCUT2D eigenvalue weighted by atomic mass is 10.3. The van der Waals surface area contributed by atoms with Crippen LogP contribution in [0.1, 0.15) is 19.2 Å². The third-order valence-electron chi connectivity index (χ3n) is 2.22. The first-order chi connectivity index (χ1) is 6.90. The van der Waals surface area contributed by atoms with Gasteiger partial charge in [0.05, 0.1) is 11.0 Å². The highest BCUT2D eigenvalue weighted by atomic mass is 14.9. The second kappa shape index (κ2) is 4.09. The fourth-order valence-electron chi connectivity index (χ4n) is 1.51. The first-order valence-corrected chi connectivity index (χ1v) is 4.95. The van der Waals surface area contributed by atoms with Gasteiger partial charge in [0.15, 0.2) is 0 Å². The number of nitrogens with zero attached hydrogens (tertiary/aromatic N) is 1. The monoisotopic (exact) mass is 186 g/mol. The molecule has 1 heterocycles. The van der Waals surface area contributed by atoms with Gasteiger partial charge in [0.1, 0.15) is 5.82 Å². The number of hydrogen-bond acceptors (Lipinski definition) is 1. The number of para-hydroxylation sites is 2. The molecule has 1 aromatic heterocycles. The maximum absolute atomic E-state index is 4.50. The van der Waals surface area contributed by atoms with Gasteiger partial charge >= 0.3 is 0 Å². The lowest BCUT2D eigenvalue weighted by Gasteiger charge is -1.89. The Morgan fingerprint density at radius 3 is 3.00 bits per heavy atom. The largest absolute Gasteiger partial charge is 0.342 e. The number of aromatic amines is 1. The number of H-pyrrole nitrogens is 1. The minimum atomic E-state index is 0.985. The molecule has 72 valence electrons. The molecule has 0 aliphatic rings. The molecular weight excluding hydrogens is 172 g/mol. The van der Waals surface area contributed by atoms with Crippen LogP contribution in [0.25, 0.3) is 11.0 Å². The van der Waals surface area contributed by atoms with Crippen LogP contribution >= 0.6 is 0 Å². The van der Waals surface area contributed by atoms with E-state index in [0.29, 0.717) is 0 Å². The summed E-state index contributed by atoms with van der Waals surface area (Å²) < 4.78 is 0. The van der Waals surface area contributed by atoms with Crippen LogP contribution in [0.5, 0.6) is 0 Å². The quantitative estimate of drug-likeness (QED) is 0.733. The van der Waals surface area contributed by atoms with Crippen LogP contribution in [0, 0.1) is 0 Å². The van der Waals surface area contributed by atoms with E-state index in [-0.39, 0.29) is 0 Å².